The monoisotopic (exact) mass is 178 g/mol. The smallest absolute Gasteiger partial charge is 0.383 e. The lowest BCUT2D eigenvalue weighted by molar-refractivity contribution is -0.0865. The summed E-state index contributed by atoms with van der Waals surface area (Å²) >= 11 is 0. The Balaban J connectivity index is 2.96. The molecular weight excluding hydrogens is 175 g/mol. The SMILES string of the molecule is NC1=NC(=O)[N]C=C1C(F)(F)F. The van der Waals surface area contributed by atoms with E-state index in [1.807, 2.05) is 0 Å². The largest absolute Gasteiger partial charge is 0.421 e. The normalized spacial score (nSPS) is 18.1. The van der Waals surface area contributed by atoms with E-state index in [9.17, 15) is 18.0 Å². The van der Waals surface area contributed by atoms with Crippen LogP contribution in [0.4, 0.5) is 18.0 Å². The van der Waals surface area contributed by atoms with Crippen molar-refractivity contribution >= 4 is 11.9 Å². The molecule has 12 heavy (non-hydrogen) atoms. The number of carbonyl (C=O) groups excluding carboxylic acids is 1. The lowest BCUT2D eigenvalue weighted by atomic mass is 10.2. The zero-order valence-electron chi connectivity index (χ0n) is 5.59. The van der Waals surface area contributed by atoms with Crippen LogP contribution >= 0.6 is 0 Å². The first kappa shape index (κ1) is 8.57. The summed E-state index contributed by atoms with van der Waals surface area (Å²) in [5.74, 6) is -0.845. The maximum atomic E-state index is 11.9. The van der Waals surface area contributed by atoms with Crippen LogP contribution in [0.15, 0.2) is 16.8 Å². The van der Waals surface area contributed by atoms with Crippen molar-refractivity contribution in [3.8, 4) is 0 Å². The van der Waals surface area contributed by atoms with Gasteiger partial charge < -0.3 is 5.73 Å². The van der Waals surface area contributed by atoms with Gasteiger partial charge in [-0.2, -0.15) is 23.5 Å². The van der Waals surface area contributed by atoms with Crippen LogP contribution in [0.2, 0.25) is 0 Å². The molecule has 7 heteroatoms. The fraction of sp³-hybridized carbons (Fsp3) is 0.200. The predicted octanol–water partition coefficient (Wildman–Crippen LogP) is 0.528. The second-order valence-electron chi connectivity index (χ2n) is 1.95. The molecule has 1 aliphatic heterocycles. The number of rotatable bonds is 0. The van der Waals surface area contributed by atoms with Crippen molar-refractivity contribution in [1.29, 1.82) is 0 Å². The third-order valence-corrected chi connectivity index (χ3v) is 1.10. The highest BCUT2D eigenvalue weighted by atomic mass is 19.4. The number of aliphatic imine (C=N–C) groups is 1. The lowest BCUT2D eigenvalue weighted by Crippen LogP contribution is -2.32. The van der Waals surface area contributed by atoms with Gasteiger partial charge in [0, 0.05) is 6.20 Å². The van der Waals surface area contributed by atoms with Gasteiger partial charge in [0.05, 0.1) is 0 Å². The van der Waals surface area contributed by atoms with Crippen molar-refractivity contribution in [3.63, 3.8) is 0 Å². The first-order valence-corrected chi connectivity index (χ1v) is 2.78. The molecule has 0 saturated heterocycles. The number of amidine groups is 1. The van der Waals surface area contributed by atoms with Gasteiger partial charge in [-0.25, -0.2) is 4.79 Å². The third-order valence-electron chi connectivity index (χ3n) is 1.10. The Bertz CT molecular complexity index is 278. The van der Waals surface area contributed by atoms with Crippen molar-refractivity contribution in [2.75, 3.05) is 0 Å². The molecule has 1 radical (unpaired) electrons. The maximum Gasteiger partial charge on any atom is 0.421 e. The third kappa shape index (κ3) is 1.55. The second kappa shape index (κ2) is 2.50. The molecule has 2 amide bonds. The van der Waals surface area contributed by atoms with Crippen molar-refractivity contribution in [2.24, 2.45) is 10.7 Å². The van der Waals surface area contributed by atoms with Crippen LogP contribution in [-0.4, -0.2) is 18.0 Å². The van der Waals surface area contributed by atoms with E-state index < -0.39 is 23.6 Å². The van der Waals surface area contributed by atoms with Crippen LogP contribution in [0.5, 0.6) is 0 Å². The van der Waals surface area contributed by atoms with Crippen LogP contribution in [0.3, 0.4) is 0 Å². The zero-order chi connectivity index (χ0) is 9.35. The minimum Gasteiger partial charge on any atom is -0.383 e. The first-order valence-electron chi connectivity index (χ1n) is 2.78. The number of carbonyl (C=O) groups is 1. The van der Waals surface area contributed by atoms with Crippen molar-refractivity contribution in [1.82, 2.24) is 5.32 Å². The average molecular weight is 178 g/mol. The fourth-order valence-corrected chi connectivity index (χ4v) is 0.596. The summed E-state index contributed by atoms with van der Waals surface area (Å²) in [5.41, 5.74) is 3.64. The molecule has 0 spiro atoms. The van der Waals surface area contributed by atoms with Gasteiger partial charge in [0.1, 0.15) is 11.4 Å². The van der Waals surface area contributed by atoms with Gasteiger partial charge >= 0.3 is 12.2 Å². The molecule has 1 aliphatic rings. The average Bonchev–Trinajstić information content (AvgIpc) is 1.83. The molecule has 0 saturated carbocycles. The summed E-state index contributed by atoms with van der Waals surface area (Å²) in [5, 5.41) is 2.84. The molecule has 2 N–H and O–H groups in total. The molecule has 4 nitrogen and oxygen atoms in total. The van der Waals surface area contributed by atoms with Gasteiger partial charge in [0.2, 0.25) is 0 Å². The quantitative estimate of drug-likeness (QED) is 0.587. The van der Waals surface area contributed by atoms with E-state index in [1.165, 1.54) is 0 Å². The summed E-state index contributed by atoms with van der Waals surface area (Å²) in [6, 6.07) is -1.03. The highest BCUT2D eigenvalue weighted by Crippen LogP contribution is 2.26. The maximum absolute atomic E-state index is 11.9. The van der Waals surface area contributed by atoms with Crippen molar-refractivity contribution in [3.05, 3.63) is 11.8 Å². The number of hydrogen-bond donors (Lipinski definition) is 1. The molecule has 1 rings (SSSR count). The Labute approximate surface area is 64.9 Å². The fourth-order valence-electron chi connectivity index (χ4n) is 0.596. The number of urea groups is 1. The first-order chi connectivity index (χ1) is 5.41. The Kier molecular flexibility index (Phi) is 1.79. The van der Waals surface area contributed by atoms with E-state index in [2.05, 4.69) is 10.3 Å². The Hall–Kier alpha value is -1.53. The number of nitrogens with zero attached hydrogens (tertiary/aromatic N) is 2. The van der Waals surface area contributed by atoms with Crippen LogP contribution in [0.25, 0.3) is 0 Å². The van der Waals surface area contributed by atoms with Gasteiger partial charge in [0.15, 0.2) is 0 Å². The number of hydrogen-bond acceptors (Lipinski definition) is 2. The van der Waals surface area contributed by atoms with Crippen LogP contribution in [-0.2, 0) is 0 Å². The second-order valence-corrected chi connectivity index (χ2v) is 1.95. The highest BCUT2D eigenvalue weighted by Gasteiger charge is 2.38. The molecule has 65 valence electrons. The van der Waals surface area contributed by atoms with E-state index in [1.54, 1.807) is 0 Å². The van der Waals surface area contributed by atoms with Crippen molar-refractivity contribution in [2.45, 2.75) is 6.18 Å². The molecule has 0 aromatic heterocycles. The predicted molar refractivity (Wildman–Crippen MR) is 33.3 cm³/mol. The molecule has 0 aliphatic carbocycles. The summed E-state index contributed by atoms with van der Waals surface area (Å²) in [6.45, 7) is 0. The molecule has 0 aromatic rings. The Morgan fingerprint density at radius 1 is 1.42 bits per heavy atom. The summed E-state index contributed by atoms with van der Waals surface area (Å²) < 4.78 is 35.8. The zero-order valence-corrected chi connectivity index (χ0v) is 5.59. The molecule has 0 unspecified atom stereocenters. The van der Waals surface area contributed by atoms with Gasteiger partial charge in [-0.05, 0) is 0 Å². The minimum atomic E-state index is -4.61. The standard InChI is InChI=1S/C5H3F3N3O/c6-5(7,8)2-1-10-4(12)11-3(2)9/h1H,(H2,9,11,12). The van der Waals surface area contributed by atoms with E-state index >= 15 is 0 Å². The van der Waals surface area contributed by atoms with E-state index in [0.29, 0.717) is 6.20 Å². The molecule has 1 heterocycles. The summed E-state index contributed by atoms with van der Waals surface area (Å²) in [6.07, 6.45) is -4.25. The number of amides is 2. The molecule has 0 atom stereocenters. The van der Waals surface area contributed by atoms with E-state index in [-0.39, 0.29) is 0 Å². The molecule has 0 bridgehead atoms. The van der Waals surface area contributed by atoms with Crippen LogP contribution in [0, 0.1) is 0 Å². The number of halogens is 3. The molecule has 0 aromatic carbocycles. The van der Waals surface area contributed by atoms with Gasteiger partial charge in [-0.15, -0.1) is 0 Å². The summed E-state index contributed by atoms with van der Waals surface area (Å²) in [7, 11) is 0. The molecular formula is C5H3F3N3O. The summed E-state index contributed by atoms with van der Waals surface area (Å²) in [4.78, 5) is 13.1. The van der Waals surface area contributed by atoms with Gasteiger partial charge in [-0.1, -0.05) is 0 Å². The Morgan fingerprint density at radius 3 is 2.42 bits per heavy atom. The topological polar surface area (TPSA) is 69.5 Å². The molecule has 0 fully saturated rings. The number of alkyl halides is 3. The van der Waals surface area contributed by atoms with E-state index in [4.69, 9.17) is 5.73 Å². The van der Waals surface area contributed by atoms with Crippen molar-refractivity contribution < 1.29 is 18.0 Å². The minimum absolute atomic E-state index is 0.366. The number of nitrogens with two attached hydrogens (primary N) is 1. The van der Waals surface area contributed by atoms with Crippen LogP contribution in [0.1, 0.15) is 0 Å². The Morgan fingerprint density at radius 2 is 2.00 bits per heavy atom. The highest BCUT2D eigenvalue weighted by molar-refractivity contribution is 6.06. The lowest BCUT2D eigenvalue weighted by Gasteiger charge is -2.12. The van der Waals surface area contributed by atoms with E-state index in [0.717, 1.165) is 0 Å². The van der Waals surface area contributed by atoms with Gasteiger partial charge in [-0.3, -0.25) is 0 Å². The van der Waals surface area contributed by atoms with Gasteiger partial charge in [0.25, 0.3) is 0 Å². The van der Waals surface area contributed by atoms with Crippen LogP contribution < -0.4 is 11.1 Å².